The molecule has 0 fully saturated rings. The molecule has 55 heavy (non-hydrogen) atoms. The van der Waals surface area contributed by atoms with Crippen LogP contribution in [-0.2, 0) is 0 Å². The highest BCUT2D eigenvalue weighted by molar-refractivity contribution is 6.18. The molecule has 3 heteroatoms. The summed E-state index contributed by atoms with van der Waals surface area (Å²) in [5, 5.41) is 9.73. The molecule has 11 aromatic rings. The van der Waals surface area contributed by atoms with Crippen LogP contribution in [0.2, 0.25) is 0 Å². The molecule has 0 amide bonds. The monoisotopic (exact) mass is 702 g/mol. The van der Waals surface area contributed by atoms with Gasteiger partial charge in [-0.05, 0) is 101 Å². The first kappa shape index (κ1) is 30.4. The van der Waals surface area contributed by atoms with Crippen LogP contribution in [0.4, 0.5) is 0 Å². The zero-order chi connectivity index (χ0) is 36.0. The number of fused-ring (bicyclic) bond motifs is 10. The van der Waals surface area contributed by atoms with Crippen molar-refractivity contribution < 1.29 is 4.42 Å². The van der Waals surface area contributed by atoms with Crippen LogP contribution in [0.5, 0.6) is 0 Å². The standard InChI is InChI=1S/C52H34N2O/c1-2-14-38(15-3-1)53-45-19-9-6-16-40(45)42-26-24-36(32-49(42)53)35-25-28-47-44(31-35)41-17-7-10-20-46(41)54(47)48-29-27-39(37-23-22-33-12-4-5-13-34(33)30-37)52-51(48)43-18-8-11-21-50(43)55-52/h1-2,4-14,16-32H,3,15H2. The van der Waals surface area contributed by atoms with Crippen molar-refractivity contribution in [3.05, 3.63) is 182 Å². The Bertz CT molecular complexity index is 3440. The van der Waals surface area contributed by atoms with E-state index >= 15 is 0 Å². The molecule has 0 unspecified atom stereocenters. The van der Waals surface area contributed by atoms with Crippen LogP contribution in [0.3, 0.4) is 0 Å². The Morgan fingerprint density at radius 2 is 1.13 bits per heavy atom. The highest BCUT2D eigenvalue weighted by atomic mass is 16.3. The van der Waals surface area contributed by atoms with Gasteiger partial charge in [0.25, 0.3) is 0 Å². The summed E-state index contributed by atoms with van der Waals surface area (Å²) in [6.07, 6.45) is 8.82. The van der Waals surface area contributed by atoms with E-state index < -0.39 is 0 Å². The van der Waals surface area contributed by atoms with Crippen molar-refractivity contribution in [2.24, 2.45) is 0 Å². The van der Waals surface area contributed by atoms with E-state index in [0.29, 0.717) is 0 Å². The molecule has 0 spiro atoms. The number of hydrogen-bond acceptors (Lipinski definition) is 1. The van der Waals surface area contributed by atoms with Crippen LogP contribution in [0, 0.1) is 0 Å². The van der Waals surface area contributed by atoms with Crippen LogP contribution < -0.4 is 0 Å². The number of aromatic nitrogens is 2. The van der Waals surface area contributed by atoms with Crippen LogP contribution in [-0.4, -0.2) is 9.13 Å². The SMILES string of the molecule is C1=CCCC(n2c3ccccc3c3ccc(-c4ccc5c(c4)c4ccccc4n5-c4ccc(-c5ccc6ccccc6c5)c5oc6ccccc6c45)cc32)=C1. The lowest BCUT2D eigenvalue weighted by molar-refractivity contribution is 0.670. The molecular formula is C52H34N2O. The summed E-state index contributed by atoms with van der Waals surface area (Å²) in [5.74, 6) is 0. The van der Waals surface area contributed by atoms with E-state index in [2.05, 4.69) is 191 Å². The normalized spacial score (nSPS) is 13.3. The molecule has 8 aromatic carbocycles. The first-order valence-corrected chi connectivity index (χ1v) is 19.2. The molecule has 1 aliphatic rings. The molecule has 0 N–H and O–H groups in total. The number of furan rings is 1. The smallest absolute Gasteiger partial charge is 0.145 e. The zero-order valence-corrected chi connectivity index (χ0v) is 30.0. The largest absolute Gasteiger partial charge is 0.455 e. The van der Waals surface area contributed by atoms with Gasteiger partial charge in [-0.1, -0.05) is 121 Å². The number of allylic oxidation sites excluding steroid dienone is 4. The third-order valence-corrected chi connectivity index (χ3v) is 11.8. The lowest BCUT2D eigenvalue weighted by Gasteiger charge is -2.14. The average Bonchev–Trinajstić information content (AvgIpc) is 3.91. The van der Waals surface area contributed by atoms with Gasteiger partial charge in [-0.2, -0.15) is 0 Å². The van der Waals surface area contributed by atoms with E-state index in [9.17, 15) is 0 Å². The maximum absolute atomic E-state index is 6.78. The Kier molecular flexibility index (Phi) is 6.46. The van der Waals surface area contributed by atoms with Gasteiger partial charge in [0.15, 0.2) is 0 Å². The molecule has 0 radical (unpaired) electrons. The van der Waals surface area contributed by atoms with E-state index in [1.165, 1.54) is 71.2 Å². The highest BCUT2D eigenvalue weighted by Crippen LogP contribution is 2.44. The predicted octanol–water partition coefficient (Wildman–Crippen LogP) is 14.5. The van der Waals surface area contributed by atoms with Crippen molar-refractivity contribution in [1.82, 2.24) is 9.13 Å². The van der Waals surface area contributed by atoms with Crippen LogP contribution >= 0.6 is 0 Å². The minimum Gasteiger partial charge on any atom is -0.455 e. The lowest BCUT2D eigenvalue weighted by Crippen LogP contribution is -1.98. The van der Waals surface area contributed by atoms with E-state index in [-0.39, 0.29) is 0 Å². The maximum atomic E-state index is 6.78. The molecule has 0 saturated heterocycles. The van der Waals surface area contributed by atoms with Crippen LogP contribution in [0.1, 0.15) is 12.8 Å². The molecule has 258 valence electrons. The molecule has 3 heterocycles. The number of rotatable bonds is 4. The Balaban J connectivity index is 1.08. The fourth-order valence-electron chi connectivity index (χ4n) is 9.23. The second-order valence-corrected chi connectivity index (χ2v) is 14.8. The minimum absolute atomic E-state index is 0.892. The summed E-state index contributed by atoms with van der Waals surface area (Å²) < 4.78 is 11.7. The van der Waals surface area contributed by atoms with Crippen molar-refractivity contribution in [1.29, 1.82) is 0 Å². The summed E-state index contributed by atoms with van der Waals surface area (Å²) in [7, 11) is 0. The fraction of sp³-hybridized carbons (Fsp3) is 0.0385. The van der Waals surface area contributed by atoms with E-state index in [1.54, 1.807) is 0 Å². The van der Waals surface area contributed by atoms with Crippen molar-refractivity contribution in [3.63, 3.8) is 0 Å². The fourth-order valence-corrected chi connectivity index (χ4v) is 9.23. The third kappa shape index (κ3) is 4.50. The van der Waals surface area contributed by atoms with Gasteiger partial charge in [0.05, 0.1) is 33.1 Å². The number of benzene rings is 8. The highest BCUT2D eigenvalue weighted by Gasteiger charge is 2.22. The molecule has 0 aliphatic heterocycles. The summed E-state index contributed by atoms with van der Waals surface area (Å²) in [4.78, 5) is 0. The quantitative estimate of drug-likeness (QED) is 0.179. The van der Waals surface area contributed by atoms with Gasteiger partial charge < -0.3 is 13.6 Å². The molecule has 0 atom stereocenters. The molecule has 1 aliphatic carbocycles. The first-order valence-electron chi connectivity index (χ1n) is 19.2. The van der Waals surface area contributed by atoms with Gasteiger partial charge in [-0.25, -0.2) is 0 Å². The lowest BCUT2D eigenvalue weighted by atomic mass is 9.98. The molecule has 0 saturated carbocycles. The van der Waals surface area contributed by atoms with Gasteiger partial charge in [-0.3, -0.25) is 0 Å². The molecule has 12 rings (SSSR count). The second-order valence-electron chi connectivity index (χ2n) is 14.8. The summed E-state index contributed by atoms with van der Waals surface area (Å²) in [6.45, 7) is 0. The Hall–Kier alpha value is -7.10. The average molecular weight is 703 g/mol. The van der Waals surface area contributed by atoms with Crippen molar-refractivity contribution in [2.75, 3.05) is 0 Å². The number of para-hydroxylation sites is 3. The number of hydrogen-bond donors (Lipinski definition) is 0. The summed E-state index contributed by atoms with van der Waals surface area (Å²) in [5.41, 5.74) is 13.8. The number of nitrogens with zero attached hydrogens (tertiary/aromatic N) is 2. The van der Waals surface area contributed by atoms with Gasteiger partial charge >= 0.3 is 0 Å². The topological polar surface area (TPSA) is 23.0 Å². The predicted molar refractivity (Wildman–Crippen MR) is 232 cm³/mol. The van der Waals surface area contributed by atoms with Gasteiger partial charge in [0.1, 0.15) is 11.2 Å². The van der Waals surface area contributed by atoms with E-state index in [4.69, 9.17) is 4.42 Å². The van der Waals surface area contributed by atoms with Crippen LogP contribution in [0.25, 0.3) is 110 Å². The van der Waals surface area contributed by atoms with E-state index in [0.717, 1.165) is 51.6 Å². The van der Waals surface area contributed by atoms with Gasteiger partial charge in [0.2, 0.25) is 0 Å². The van der Waals surface area contributed by atoms with Crippen molar-refractivity contribution in [3.8, 4) is 27.9 Å². The van der Waals surface area contributed by atoms with Crippen molar-refractivity contribution >= 4 is 82.0 Å². The molecular weight excluding hydrogens is 669 g/mol. The molecule has 3 nitrogen and oxygen atoms in total. The minimum atomic E-state index is 0.892. The van der Waals surface area contributed by atoms with Gasteiger partial charge in [0, 0.05) is 38.2 Å². The van der Waals surface area contributed by atoms with Crippen LogP contribution in [0.15, 0.2) is 186 Å². The van der Waals surface area contributed by atoms with E-state index in [1.807, 2.05) is 0 Å². The summed E-state index contributed by atoms with van der Waals surface area (Å²) >= 11 is 0. The summed E-state index contributed by atoms with van der Waals surface area (Å²) in [6, 6.07) is 59.8. The zero-order valence-electron chi connectivity index (χ0n) is 30.0. The van der Waals surface area contributed by atoms with Gasteiger partial charge in [-0.15, -0.1) is 0 Å². The maximum Gasteiger partial charge on any atom is 0.145 e. The van der Waals surface area contributed by atoms with Crippen molar-refractivity contribution in [2.45, 2.75) is 12.8 Å². The Labute approximate surface area is 317 Å². The second kappa shape index (κ2) is 11.7. The molecule has 3 aromatic heterocycles. The Morgan fingerprint density at radius 3 is 1.98 bits per heavy atom. The first-order chi connectivity index (χ1) is 27.3. The molecule has 0 bridgehead atoms. The third-order valence-electron chi connectivity index (χ3n) is 11.8. The Morgan fingerprint density at radius 1 is 0.455 bits per heavy atom.